The van der Waals surface area contributed by atoms with Crippen molar-refractivity contribution in [1.29, 1.82) is 0 Å². The van der Waals surface area contributed by atoms with Crippen LogP contribution in [0.25, 0.3) is 0 Å². The first-order valence-corrected chi connectivity index (χ1v) is 9.98. The van der Waals surface area contributed by atoms with Crippen LogP contribution in [0.1, 0.15) is 41.1 Å². The van der Waals surface area contributed by atoms with E-state index in [-0.39, 0.29) is 18.4 Å². The maximum atomic E-state index is 12.4. The van der Waals surface area contributed by atoms with Crippen LogP contribution in [0.4, 0.5) is 5.69 Å². The van der Waals surface area contributed by atoms with Gasteiger partial charge in [0.15, 0.2) is 6.54 Å². The van der Waals surface area contributed by atoms with Gasteiger partial charge in [0.25, 0.3) is 5.91 Å². The summed E-state index contributed by atoms with van der Waals surface area (Å²) in [6.07, 6.45) is 3.35. The molecule has 0 aliphatic heterocycles. The van der Waals surface area contributed by atoms with Crippen molar-refractivity contribution < 1.29 is 14.5 Å². The van der Waals surface area contributed by atoms with Crippen LogP contribution < -0.4 is 15.5 Å². The molecule has 1 unspecified atom stereocenters. The molecule has 3 rings (SSSR count). The highest BCUT2D eigenvalue weighted by Gasteiger charge is 2.27. The van der Waals surface area contributed by atoms with Crippen LogP contribution in [0.2, 0.25) is 0 Å². The van der Waals surface area contributed by atoms with Gasteiger partial charge in [-0.1, -0.05) is 42.5 Å². The molecule has 2 aromatic carbocycles. The lowest BCUT2D eigenvalue weighted by molar-refractivity contribution is -0.905. The molecule has 0 fully saturated rings. The van der Waals surface area contributed by atoms with Crippen LogP contribution in [-0.4, -0.2) is 32.0 Å². The molecule has 0 spiro atoms. The third-order valence-corrected chi connectivity index (χ3v) is 5.60. The zero-order valence-corrected chi connectivity index (χ0v) is 17.0. The number of likely N-dealkylation sites (N-methyl/N-ethyl adjacent to an activating group) is 1. The first kappa shape index (κ1) is 20.1. The van der Waals surface area contributed by atoms with Crippen LogP contribution in [-0.2, 0) is 16.0 Å². The molecule has 0 heterocycles. The number of anilines is 1. The summed E-state index contributed by atoms with van der Waals surface area (Å²) in [5.74, 6) is -0.302. The quantitative estimate of drug-likeness (QED) is 0.717. The fourth-order valence-corrected chi connectivity index (χ4v) is 4.08. The number of fused-ring (bicyclic) bond motifs is 1. The topological polar surface area (TPSA) is 62.6 Å². The summed E-state index contributed by atoms with van der Waals surface area (Å²) in [6, 6.07) is 14.7. The Hall–Kier alpha value is -2.66. The van der Waals surface area contributed by atoms with Gasteiger partial charge in [-0.3, -0.25) is 9.59 Å². The van der Waals surface area contributed by atoms with Crippen molar-refractivity contribution in [3.05, 3.63) is 64.7 Å². The number of aryl methyl sites for hydroxylation is 3. The van der Waals surface area contributed by atoms with Crippen molar-refractivity contribution in [3.63, 3.8) is 0 Å². The van der Waals surface area contributed by atoms with E-state index in [2.05, 4.69) is 41.9 Å². The van der Waals surface area contributed by atoms with Crippen molar-refractivity contribution in [2.75, 3.05) is 25.5 Å². The Morgan fingerprint density at radius 2 is 1.75 bits per heavy atom. The van der Waals surface area contributed by atoms with E-state index in [4.69, 9.17) is 0 Å². The van der Waals surface area contributed by atoms with Gasteiger partial charge in [-0.25, -0.2) is 0 Å². The Kier molecular flexibility index (Phi) is 6.47. The molecule has 0 radical (unpaired) electrons. The number of carbonyl (C=O) groups is 2. The number of hydrogen-bond acceptors (Lipinski definition) is 2. The molecule has 2 atom stereocenters. The number of amides is 2. The minimum absolute atomic E-state index is 0.0128. The Bertz CT molecular complexity index is 842. The third-order valence-electron chi connectivity index (χ3n) is 5.60. The van der Waals surface area contributed by atoms with E-state index in [1.807, 2.05) is 32.0 Å². The van der Waals surface area contributed by atoms with Gasteiger partial charge in [-0.2, -0.15) is 0 Å². The molecule has 5 nitrogen and oxygen atoms in total. The van der Waals surface area contributed by atoms with Gasteiger partial charge in [0.05, 0.1) is 13.6 Å². The van der Waals surface area contributed by atoms with Crippen molar-refractivity contribution >= 4 is 17.5 Å². The van der Waals surface area contributed by atoms with Gasteiger partial charge >= 0.3 is 0 Å². The summed E-state index contributed by atoms with van der Waals surface area (Å²) in [6.45, 7) is 4.26. The second kappa shape index (κ2) is 9.02. The van der Waals surface area contributed by atoms with Gasteiger partial charge in [0.2, 0.25) is 5.91 Å². The molecule has 3 N–H and O–H groups in total. The third kappa shape index (κ3) is 4.78. The lowest BCUT2D eigenvalue weighted by atomic mass is 9.87. The van der Waals surface area contributed by atoms with E-state index in [1.165, 1.54) is 16.0 Å². The number of quaternary nitrogens is 1. The second-order valence-corrected chi connectivity index (χ2v) is 7.76. The first-order valence-electron chi connectivity index (χ1n) is 9.98. The highest BCUT2D eigenvalue weighted by molar-refractivity contribution is 5.95. The van der Waals surface area contributed by atoms with Crippen LogP contribution in [0, 0.1) is 13.8 Å². The molecular formula is C23H30N3O2+. The summed E-state index contributed by atoms with van der Waals surface area (Å²) in [4.78, 5) is 25.8. The summed E-state index contributed by atoms with van der Waals surface area (Å²) in [5, 5.41) is 5.67. The SMILES string of the molecule is Cc1cccc(C)c1NC(=O)CNC(=O)C[NH+](C)[C@H]1CCCc2ccccc21. The second-order valence-electron chi connectivity index (χ2n) is 7.76. The molecule has 1 aliphatic carbocycles. The average molecular weight is 381 g/mol. The molecule has 0 aromatic heterocycles. The number of para-hydroxylation sites is 1. The number of hydrogen-bond donors (Lipinski definition) is 3. The van der Waals surface area contributed by atoms with Crippen LogP contribution in [0.15, 0.2) is 42.5 Å². The lowest BCUT2D eigenvalue weighted by Gasteiger charge is -2.30. The largest absolute Gasteiger partial charge is 0.342 e. The zero-order chi connectivity index (χ0) is 20.1. The average Bonchev–Trinajstić information content (AvgIpc) is 2.69. The summed E-state index contributed by atoms with van der Waals surface area (Å²) in [7, 11) is 2.06. The number of nitrogens with one attached hydrogen (secondary N) is 3. The van der Waals surface area contributed by atoms with Gasteiger partial charge < -0.3 is 15.5 Å². The van der Waals surface area contributed by atoms with Crippen LogP contribution in [0.3, 0.4) is 0 Å². The molecule has 0 bridgehead atoms. The van der Waals surface area contributed by atoms with Crippen molar-refractivity contribution in [2.24, 2.45) is 0 Å². The number of rotatable bonds is 6. The van der Waals surface area contributed by atoms with E-state index in [0.29, 0.717) is 12.6 Å². The molecule has 0 saturated heterocycles. The van der Waals surface area contributed by atoms with Gasteiger partial charge in [0.1, 0.15) is 6.04 Å². The number of carbonyl (C=O) groups excluding carboxylic acids is 2. The smallest absolute Gasteiger partial charge is 0.275 e. The molecule has 2 amide bonds. The van der Waals surface area contributed by atoms with Crippen LogP contribution >= 0.6 is 0 Å². The van der Waals surface area contributed by atoms with Crippen molar-refractivity contribution in [2.45, 2.75) is 39.2 Å². The van der Waals surface area contributed by atoms with Crippen LogP contribution in [0.5, 0.6) is 0 Å². The first-order chi connectivity index (χ1) is 13.5. The standard InChI is InChI=1S/C23H29N3O2/c1-16-8-6-9-17(2)23(16)25-21(27)14-24-22(28)15-26(3)20-13-7-11-18-10-4-5-12-19(18)20/h4-6,8-10,12,20H,7,11,13-15H2,1-3H3,(H,24,28)(H,25,27)/p+1/t20-/m0/s1. The summed E-state index contributed by atoms with van der Waals surface area (Å²) < 4.78 is 0. The normalized spacial score (nSPS) is 16.8. The van der Waals surface area contributed by atoms with Gasteiger partial charge in [-0.05, 0) is 43.4 Å². The minimum atomic E-state index is -0.202. The molecule has 5 heteroatoms. The van der Waals surface area contributed by atoms with E-state index >= 15 is 0 Å². The van der Waals surface area contributed by atoms with E-state index < -0.39 is 0 Å². The Labute approximate surface area is 167 Å². The van der Waals surface area contributed by atoms with Crippen molar-refractivity contribution in [1.82, 2.24) is 5.32 Å². The van der Waals surface area contributed by atoms with E-state index in [9.17, 15) is 9.59 Å². The Morgan fingerprint density at radius 3 is 2.50 bits per heavy atom. The zero-order valence-electron chi connectivity index (χ0n) is 17.0. The monoisotopic (exact) mass is 380 g/mol. The maximum Gasteiger partial charge on any atom is 0.275 e. The van der Waals surface area contributed by atoms with E-state index in [1.54, 1.807) is 0 Å². The summed E-state index contributed by atoms with van der Waals surface area (Å²) >= 11 is 0. The van der Waals surface area contributed by atoms with Crippen molar-refractivity contribution in [3.8, 4) is 0 Å². The molecule has 2 aromatic rings. The predicted octanol–water partition coefficient (Wildman–Crippen LogP) is 1.95. The van der Waals surface area contributed by atoms with E-state index in [0.717, 1.165) is 36.1 Å². The maximum absolute atomic E-state index is 12.4. The minimum Gasteiger partial charge on any atom is -0.342 e. The lowest BCUT2D eigenvalue weighted by Crippen LogP contribution is -3.10. The molecule has 1 aliphatic rings. The fourth-order valence-electron chi connectivity index (χ4n) is 4.08. The molecule has 0 saturated carbocycles. The Morgan fingerprint density at radius 1 is 1.04 bits per heavy atom. The summed E-state index contributed by atoms with van der Waals surface area (Å²) in [5.41, 5.74) is 5.60. The van der Waals surface area contributed by atoms with Gasteiger partial charge in [-0.15, -0.1) is 0 Å². The molecule has 148 valence electrons. The predicted molar refractivity (Wildman–Crippen MR) is 111 cm³/mol. The number of benzene rings is 2. The molecular weight excluding hydrogens is 350 g/mol. The molecule has 28 heavy (non-hydrogen) atoms. The van der Waals surface area contributed by atoms with Gasteiger partial charge in [0, 0.05) is 17.7 Å². The highest BCUT2D eigenvalue weighted by atomic mass is 16.2. The highest BCUT2D eigenvalue weighted by Crippen LogP contribution is 2.27. The fraction of sp³-hybridized carbons (Fsp3) is 0.391. The Balaban J connectivity index is 1.51.